The summed E-state index contributed by atoms with van der Waals surface area (Å²) in [5, 5.41) is 9.23. The van der Waals surface area contributed by atoms with Gasteiger partial charge in [-0.25, -0.2) is 4.79 Å². The summed E-state index contributed by atoms with van der Waals surface area (Å²) in [6.45, 7) is 6.32. The van der Waals surface area contributed by atoms with Crippen LogP contribution in [0.15, 0.2) is 0 Å². The maximum atomic E-state index is 12.4. The lowest BCUT2D eigenvalue weighted by Gasteiger charge is -2.34. The van der Waals surface area contributed by atoms with E-state index in [4.69, 9.17) is 0 Å². The lowest BCUT2D eigenvalue weighted by Crippen LogP contribution is -2.49. The number of aliphatic carboxylic acids is 1. The van der Waals surface area contributed by atoms with E-state index >= 15 is 0 Å². The number of amides is 1. The first-order valence-electron chi connectivity index (χ1n) is 6.44. The molecule has 1 unspecified atom stereocenters. The van der Waals surface area contributed by atoms with E-state index in [-0.39, 0.29) is 5.91 Å². The predicted octanol–water partition coefficient (Wildman–Crippen LogP) is 2.28. The molecule has 0 spiro atoms. The third kappa shape index (κ3) is 3.20. The molecular weight excluding hydrogens is 218 g/mol. The summed E-state index contributed by atoms with van der Waals surface area (Å²) in [6.07, 6.45) is 4.14. The van der Waals surface area contributed by atoms with Gasteiger partial charge < -0.3 is 10.0 Å². The Bertz CT molecular complexity index is 299. The van der Waals surface area contributed by atoms with Crippen molar-refractivity contribution < 1.29 is 14.7 Å². The van der Waals surface area contributed by atoms with Crippen LogP contribution in [0.4, 0.5) is 0 Å². The molecule has 1 saturated heterocycles. The molecule has 1 aliphatic heterocycles. The molecule has 0 aromatic carbocycles. The van der Waals surface area contributed by atoms with E-state index in [1.54, 1.807) is 4.90 Å². The summed E-state index contributed by atoms with van der Waals surface area (Å²) >= 11 is 0. The Kier molecular flexibility index (Phi) is 4.54. The van der Waals surface area contributed by atoms with Crippen LogP contribution >= 0.6 is 0 Å². The third-order valence-corrected chi connectivity index (χ3v) is 3.76. The van der Waals surface area contributed by atoms with Crippen LogP contribution in [0.1, 0.15) is 52.9 Å². The smallest absolute Gasteiger partial charge is 0.326 e. The maximum Gasteiger partial charge on any atom is 0.326 e. The number of carboxylic acid groups (broad SMARTS) is 1. The van der Waals surface area contributed by atoms with Gasteiger partial charge in [0.1, 0.15) is 6.04 Å². The average Bonchev–Trinajstić information content (AvgIpc) is 2.53. The number of hydrogen-bond acceptors (Lipinski definition) is 2. The quantitative estimate of drug-likeness (QED) is 0.824. The predicted molar refractivity (Wildman–Crippen MR) is 65.7 cm³/mol. The molecule has 1 amide bonds. The summed E-state index contributed by atoms with van der Waals surface area (Å²) in [5.41, 5.74) is -0.460. The molecule has 4 heteroatoms. The second-order valence-electron chi connectivity index (χ2n) is 5.44. The summed E-state index contributed by atoms with van der Waals surface area (Å²) < 4.78 is 0. The highest BCUT2D eigenvalue weighted by molar-refractivity contribution is 5.87. The average molecular weight is 241 g/mol. The Morgan fingerprint density at radius 2 is 1.94 bits per heavy atom. The van der Waals surface area contributed by atoms with Crippen LogP contribution in [0.25, 0.3) is 0 Å². The number of carbonyl (C=O) groups excluding carboxylic acids is 1. The van der Waals surface area contributed by atoms with Gasteiger partial charge in [-0.3, -0.25) is 4.79 Å². The molecule has 4 nitrogen and oxygen atoms in total. The van der Waals surface area contributed by atoms with Gasteiger partial charge in [-0.15, -0.1) is 0 Å². The molecule has 0 radical (unpaired) electrons. The van der Waals surface area contributed by atoms with Crippen molar-refractivity contribution in [2.24, 2.45) is 5.41 Å². The van der Waals surface area contributed by atoms with Crippen molar-refractivity contribution in [3.8, 4) is 0 Å². The van der Waals surface area contributed by atoms with Crippen LogP contribution in [-0.2, 0) is 9.59 Å². The van der Waals surface area contributed by atoms with Gasteiger partial charge in [-0.05, 0) is 19.3 Å². The van der Waals surface area contributed by atoms with Crippen molar-refractivity contribution >= 4 is 11.9 Å². The standard InChI is InChI=1S/C13H23NO3/c1-4-13(2,3)12(17)14-9-7-5-6-8-10(14)11(15)16/h10H,4-9H2,1-3H3,(H,15,16). The first-order chi connectivity index (χ1) is 7.90. The Balaban J connectivity index is 2.90. The molecule has 0 bridgehead atoms. The lowest BCUT2D eigenvalue weighted by molar-refractivity contribution is -0.154. The summed E-state index contributed by atoms with van der Waals surface area (Å²) in [6, 6.07) is -0.629. The van der Waals surface area contributed by atoms with E-state index in [2.05, 4.69) is 0 Å². The number of rotatable bonds is 3. The summed E-state index contributed by atoms with van der Waals surface area (Å²) in [5.74, 6) is -0.888. The Hall–Kier alpha value is -1.06. The van der Waals surface area contributed by atoms with E-state index in [9.17, 15) is 14.7 Å². The zero-order valence-corrected chi connectivity index (χ0v) is 11.0. The molecule has 0 aliphatic carbocycles. The minimum atomic E-state index is -0.868. The normalized spacial score (nSPS) is 22.1. The zero-order valence-electron chi connectivity index (χ0n) is 11.0. The molecule has 1 aliphatic rings. The molecule has 98 valence electrons. The van der Waals surface area contributed by atoms with E-state index in [0.29, 0.717) is 13.0 Å². The van der Waals surface area contributed by atoms with E-state index < -0.39 is 17.4 Å². The summed E-state index contributed by atoms with van der Waals surface area (Å²) in [7, 11) is 0. The fourth-order valence-electron chi connectivity index (χ4n) is 2.15. The minimum absolute atomic E-state index is 0.0192. The van der Waals surface area contributed by atoms with Crippen LogP contribution in [0.5, 0.6) is 0 Å². The van der Waals surface area contributed by atoms with Crippen molar-refractivity contribution in [3.05, 3.63) is 0 Å². The van der Waals surface area contributed by atoms with E-state index in [1.807, 2.05) is 20.8 Å². The Morgan fingerprint density at radius 1 is 1.29 bits per heavy atom. The molecule has 1 heterocycles. The minimum Gasteiger partial charge on any atom is -0.480 e. The van der Waals surface area contributed by atoms with Gasteiger partial charge in [-0.2, -0.15) is 0 Å². The van der Waals surface area contributed by atoms with Gasteiger partial charge in [0.05, 0.1) is 0 Å². The Labute approximate surface area is 103 Å². The highest BCUT2D eigenvalue weighted by atomic mass is 16.4. The first kappa shape index (κ1) is 14.0. The fraction of sp³-hybridized carbons (Fsp3) is 0.846. The van der Waals surface area contributed by atoms with Crippen LogP contribution in [-0.4, -0.2) is 34.5 Å². The Morgan fingerprint density at radius 3 is 2.47 bits per heavy atom. The van der Waals surface area contributed by atoms with Crippen LogP contribution < -0.4 is 0 Å². The number of carbonyl (C=O) groups is 2. The van der Waals surface area contributed by atoms with E-state index in [1.165, 1.54) is 0 Å². The third-order valence-electron chi connectivity index (χ3n) is 3.76. The van der Waals surface area contributed by atoms with Gasteiger partial charge in [0.2, 0.25) is 5.91 Å². The van der Waals surface area contributed by atoms with Gasteiger partial charge in [-0.1, -0.05) is 33.6 Å². The topological polar surface area (TPSA) is 57.6 Å². The van der Waals surface area contributed by atoms with Crippen LogP contribution in [0.3, 0.4) is 0 Å². The molecular formula is C13H23NO3. The lowest BCUT2D eigenvalue weighted by atomic mass is 9.88. The van der Waals surface area contributed by atoms with Crippen LogP contribution in [0.2, 0.25) is 0 Å². The molecule has 0 aromatic rings. The largest absolute Gasteiger partial charge is 0.480 e. The number of hydrogen-bond donors (Lipinski definition) is 1. The van der Waals surface area contributed by atoms with Gasteiger partial charge in [0, 0.05) is 12.0 Å². The number of nitrogens with zero attached hydrogens (tertiary/aromatic N) is 1. The molecule has 0 aromatic heterocycles. The summed E-state index contributed by atoms with van der Waals surface area (Å²) in [4.78, 5) is 25.2. The molecule has 0 saturated carbocycles. The highest BCUT2D eigenvalue weighted by Crippen LogP contribution is 2.27. The molecule has 1 N–H and O–H groups in total. The maximum absolute atomic E-state index is 12.4. The van der Waals surface area contributed by atoms with Crippen molar-refractivity contribution in [2.45, 2.75) is 58.9 Å². The molecule has 1 fully saturated rings. The van der Waals surface area contributed by atoms with E-state index in [0.717, 1.165) is 25.7 Å². The first-order valence-corrected chi connectivity index (χ1v) is 6.44. The van der Waals surface area contributed by atoms with Gasteiger partial charge in [0.15, 0.2) is 0 Å². The number of likely N-dealkylation sites (tertiary alicyclic amines) is 1. The van der Waals surface area contributed by atoms with Gasteiger partial charge in [0.25, 0.3) is 0 Å². The van der Waals surface area contributed by atoms with Gasteiger partial charge >= 0.3 is 5.97 Å². The van der Waals surface area contributed by atoms with Crippen molar-refractivity contribution in [1.82, 2.24) is 4.90 Å². The van der Waals surface area contributed by atoms with Crippen molar-refractivity contribution in [2.75, 3.05) is 6.54 Å². The van der Waals surface area contributed by atoms with Crippen molar-refractivity contribution in [3.63, 3.8) is 0 Å². The molecule has 17 heavy (non-hydrogen) atoms. The van der Waals surface area contributed by atoms with Crippen molar-refractivity contribution in [1.29, 1.82) is 0 Å². The molecule has 1 rings (SSSR count). The van der Waals surface area contributed by atoms with Crippen LogP contribution in [0, 0.1) is 5.41 Å². The second kappa shape index (κ2) is 5.52. The molecule has 1 atom stereocenters. The zero-order chi connectivity index (χ0) is 13.1. The highest BCUT2D eigenvalue weighted by Gasteiger charge is 2.37. The number of carboxylic acids is 1. The monoisotopic (exact) mass is 241 g/mol. The fourth-order valence-corrected chi connectivity index (χ4v) is 2.15. The SMILES string of the molecule is CCC(C)(C)C(=O)N1CCCCCC1C(=O)O. The second-order valence-corrected chi connectivity index (χ2v) is 5.44.